The predicted molar refractivity (Wildman–Crippen MR) is 112 cm³/mol. The first-order valence-corrected chi connectivity index (χ1v) is 9.22. The number of ether oxygens (including phenoxy) is 1. The van der Waals surface area contributed by atoms with Crippen LogP contribution in [0.5, 0.6) is 5.75 Å². The highest BCUT2D eigenvalue weighted by Crippen LogP contribution is 2.31. The summed E-state index contributed by atoms with van der Waals surface area (Å²) in [7, 11) is 1.55. The van der Waals surface area contributed by atoms with Gasteiger partial charge in [-0.3, -0.25) is 4.79 Å². The molecule has 0 aromatic heterocycles. The Labute approximate surface area is 164 Å². The summed E-state index contributed by atoms with van der Waals surface area (Å²) in [6, 6.07) is 18.0. The summed E-state index contributed by atoms with van der Waals surface area (Å²) < 4.78 is 5.31. The number of aryl methyl sites for hydroxylation is 1. The Morgan fingerprint density at radius 3 is 2.67 bits per heavy atom. The lowest BCUT2D eigenvalue weighted by atomic mass is 10.00. The van der Waals surface area contributed by atoms with Crippen LogP contribution in [0.25, 0.3) is 10.8 Å². The first-order valence-electron chi connectivity index (χ1n) is 8.84. The van der Waals surface area contributed by atoms with Gasteiger partial charge in [0.15, 0.2) is 0 Å². The number of amides is 1. The maximum Gasteiger partial charge on any atom is 0.238 e. The normalized spacial score (nSPS) is 12.0. The Balaban J connectivity index is 1.68. The lowest BCUT2D eigenvalue weighted by Crippen LogP contribution is -2.30. The van der Waals surface area contributed by atoms with E-state index in [0.29, 0.717) is 16.5 Å². The number of hydrogen-bond donors (Lipinski definition) is 2. The summed E-state index contributed by atoms with van der Waals surface area (Å²) in [4.78, 5) is 12.4. The molecule has 0 heterocycles. The molecule has 27 heavy (non-hydrogen) atoms. The molecular weight excluding hydrogens is 360 g/mol. The quantitative estimate of drug-likeness (QED) is 0.623. The summed E-state index contributed by atoms with van der Waals surface area (Å²) >= 11 is 6.11. The lowest BCUT2D eigenvalue weighted by molar-refractivity contribution is -0.115. The van der Waals surface area contributed by atoms with E-state index in [9.17, 15) is 4.79 Å². The van der Waals surface area contributed by atoms with E-state index < -0.39 is 0 Å². The zero-order chi connectivity index (χ0) is 19.4. The van der Waals surface area contributed by atoms with Crippen LogP contribution >= 0.6 is 11.6 Å². The largest absolute Gasteiger partial charge is 0.495 e. The number of methoxy groups -OCH3 is 1. The summed E-state index contributed by atoms with van der Waals surface area (Å²) in [6.07, 6.45) is 0. The summed E-state index contributed by atoms with van der Waals surface area (Å²) in [5.74, 6) is 0.406. The molecule has 0 saturated heterocycles. The van der Waals surface area contributed by atoms with Crippen molar-refractivity contribution in [2.75, 3.05) is 19.0 Å². The second-order valence-corrected chi connectivity index (χ2v) is 6.93. The Morgan fingerprint density at radius 2 is 1.89 bits per heavy atom. The van der Waals surface area contributed by atoms with Gasteiger partial charge in [0.25, 0.3) is 0 Å². The molecule has 5 heteroatoms. The van der Waals surface area contributed by atoms with Gasteiger partial charge in [0.1, 0.15) is 5.75 Å². The van der Waals surface area contributed by atoms with Gasteiger partial charge in [-0.2, -0.15) is 0 Å². The highest BCUT2D eigenvalue weighted by atomic mass is 35.5. The van der Waals surface area contributed by atoms with Crippen LogP contribution in [-0.4, -0.2) is 19.6 Å². The molecule has 1 atom stereocenters. The average molecular weight is 383 g/mol. The average Bonchev–Trinajstić information content (AvgIpc) is 2.68. The third kappa shape index (κ3) is 4.41. The van der Waals surface area contributed by atoms with E-state index in [1.165, 1.54) is 16.3 Å². The molecule has 1 amide bonds. The molecule has 140 valence electrons. The number of carbonyl (C=O) groups is 1. The Kier molecular flexibility index (Phi) is 5.99. The second kappa shape index (κ2) is 8.42. The van der Waals surface area contributed by atoms with Gasteiger partial charge in [-0.05, 0) is 41.8 Å². The summed E-state index contributed by atoms with van der Waals surface area (Å²) in [5, 5.41) is 9.17. The summed E-state index contributed by atoms with van der Waals surface area (Å²) in [6.45, 7) is 4.13. The Morgan fingerprint density at radius 1 is 1.15 bits per heavy atom. The zero-order valence-corrected chi connectivity index (χ0v) is 16.4. The first-order chi connectivity index (χ1) is 13.0. The molecular formula is C22H23ClN2O2. The molecule has 0 spiro atoms. The highest BCUT2D eigenvalue weighted by molar-refractivity contribution is 6.31. The third-order valence-electron chi connectivity index (χ3n) is 4.61. The van der Waals surface area contributed by atoms with Crippen molar-refractivity contribution in [1.29, 1.82) is 0 Å². The molecule has 0 aliphatic heterocycles. The molecule has 2 N–H and O–H groups in total. The van der Waals surface area contributed by atoms with Gasteiger partial charge in [0.05, 0.1) is 19.3 Å². The number of hydrogen-bond acceptors (Lipinski definition) is 3. The SMILES string of the molecule is COc1cc(Cl)c(C)cc1NC(=O)CNC(C)c1cccc2ccccc12. The lowest BCUT2D eigenvalue weighted by Gasteiger charge is -2.17. The minimum Gasteiger partial charge on any atom is -0.495 e. The number of nitrogens with one attached hydrogen (secondary N) is 2. The highest BCUT2D eigenvalue weighted by Gasteiger charge is 2.13. The fourth-order valence-electron chi connectivity index (χ4n) is 3.11. The van der Waals surface area contributed by atoms with Crippen LogP contribution < -0.4 is 15.4 Å². The third-order valence-corrected chi connectivity index (χ3v) is 5.02. The van der Waals surface area contributed by atoms with Crippen molar-refractivity contribution >= 4 is 34.0 Å². The molecule has 0 bridgehead atoms. The molecule has 0 radical (unpaired) electrons. The van der Waals surface area contributed by atoms with Crippen LogP contribution in [0.15, 0.2) is 54.6 Å². The van der Waals surface area contributed by atoms with E-state index in [4.69, 9.17) is 16.3 Å². The van der Waals surface area contributed by atoms with Crippen molar-refractivity contribution in [3.05, 3.63) is 70.7 Å². The minimum absolute atomic E-state index is 0.0377. The van der Waals surface area contributed by atoms with Crippen LogP contribution in [0.2, 0.25) is 5.02 Å². The zero-order valence-electron chi connectivity index (χ0n) is 15.7. The molecule has 3 aromatic carbocycles. The smallest absolute Gasteiger partial charge is 0.238 e. The van der Waals surface area contributed by atoms with E-state index in [1.54, 1.807) is 13.2 Å². The molecule has 3 aromatic rings. The van der Waals surface area contributed by atoms with E-state index in [-0.39, 0.29) is 18.5 Å². The molecule has 0 fully saturated rings. The van der Waals surface area contributed by atoms with Gasteiger partial charge in [-0.1, -0.05) is 54.1 Å². The van der Waals surface area contributed by atoms with Crippen molar-refractivity contribution in [3.8, 4) is 5.75 Å². The van der Waals surface area contributed by atoms with Crippen molar-refractivity contribution in [3.63, 3.8) is 0 Å². The Hall–Kier alpha value is -2.56. The predicted octanol–water partition coefficient (Wildman–Crippen LogP) is 5.10. The van der Waals surface area contributed by atoms with Gasteiger partial charge in [0, 0.05) is 17.1 Å². The van der Waals surface area contributed by atoms with Crippen molar-refractivity contribution in [1.82, 2.24) is 5.32 Å². The van der Waals surface area contributed by atoms with Crippen LogP contribution in [0.4, 0.5) is 5.69 Å². The molecule has 3 rings (SSSR count). The number of anilines is 1. The van der Waals surface area contributed by atoms with Crippen LogP contribution in [-0.2, 0) is 4.79 Å². The van der Waals surface area contributed by atoms with Gasteiger partial charge >= 0.3 is 0 Å². The Bertz CT molecular complexity index is 966. The van der Waals surface area contributed by atoms with Crippen molar-refractivity contribution in [2.45, 2.75) is 19.9 Å². The van der Waals surface area contributed by atoms with E-state index >= 15 is 0 Å². The fraction of sp³-hybridized carbons (Fsp3) is 0.227. The standard InChI is InChI=1S/C22H23ClN2O2/c1-14-11-20(21(27-3)12-19(14)23)25-22(26)13-24-15(2)17-10-6-8-16-7-4-5-9-18(16)17/h4-12,15,24H,13H2,1-3H3,(H,25,26). The monoisotopic (exact) mass is 382 g/mol. The van der Waals surface area contributed by atoms with Gasteiger partial charge < -0.3 is 15.4 Å². The van der Waals surface area contributed by atoms with Crippen molar-refractivity contribution in [2.24, 2.45) is 0 Å². The second-order valence-electron chi connectivity index (χ2n) is 6.52. The molecule has 0 aliphatic rings. The number of fused-ring (bicyclic) bond motifs is 1. The van der Waals surface area contributed by atoms with Crippen LogP contribution in [0, 0.1) is 6.92 Å². The minimum atomic E-state index is -0.137. The molecule has 0 aliphatic carbocycles. The molecule has 4 nitrogen and oxygen atoms in total. The molecule has 1 unspecified atom stereocenters. The van der Waals surface area contributed by atoms with Crippen LogP contribution in [0.3, 0.4) is 0 Å². The maximum absolute atomic E-state index is 12.4. The van der Waals surface area contributed by atoms with Gasteiger partial charge in [0.2, 0.25) is 5.91 Å². The number of halogens is 1. The number of benzene rings is 3. The fourth-order valence-corrected chi connectivity index (χ4v) is 3.26. The van der Waals surface area contributed by atoms with E-state index in [1.807, 2.05) is 31.2 Å². The van der Waals surface area contributed by atoms with Crippen LogP contribution in [0.1, 0.15) is 24.1 Å². The first kappa shape index (κ1) is 19.2. The van der Waals surface area contributed by atoms with E-state index in [0.717, 1.165) is 5.56 Å². The number of carbonyl (C=O) groups excluding carboxylic acids is 1. The molecule has 0 saturated carbocycles. The van der Waals surface area contributed by atoms with Gasteiger partial charge in [-0.25, -0.2) is 0 Å². The number of rotatable bonds is 6. The van der Waals surface area contributed by atoms with Crippen molar-refractivity contribution < 1.29 is 9.53 Å². The topological polar surface area (TPSA) is 50.4 Å². The van der Waals surface area contributed by atoms with E-state index in [2.05, 4.69) is 41.8 Å². The summed E-state index contributed by atoms with van der Waals surface area (Å²) in [5.41, 5.74) is 2.66. The van der Waals surface area contributed by atoms with Gasteiger partial charge in [-0.15, -0.1) is 0 Å². The maximum atomic E-state index is 12.4.